The molecular weight excluding hydrogens is 381 g/mol. The molecule has 18 heavy (non-hydrogen) atoms. The lowest BCUT2D eigenvalue weighted by molar-refractivity contribution is 0.0940. The van der Waals surface area contributed by atoms with Crippen LogP contribution < -0.4 is 5.32 Å². The van der Waals surface area contributed by atoms with E-state index in [2.05, 4.69) is 27.9 Å². The molecule has 0 aliphatic carbocycles. The standard InChI is InChI=1S/C13H11ClINOS/c1-8(9-2-4-11(14)5-3-9)16-13(17)10-6-12(15)18-7-10/h2-8H,1H3,(H,16,17). The van der Waals surface area contributed by atoms with Crippen molar-refractivity contribution in [3.8, 4) is 0 Å². The van der Waals surface area contributed by atoms with Gasteiger partial charge >= 0.3 is 0 Å². The van der Waals surface area contributed by atoms with Gasteiger partial charge in [-0.15, -0.1) is 11.3 Å². The van der Waals surface area contributed by atoms with Crippen molar-refractivity contribution in [1.82, 2.24) is 5.32 Å². The van der Waals surface area contributed by atoms with Crippen molar-refractivity contribution in [2.24, 2.45) is 0 Å². The van der Waals surface area contributed by atoms with E-state index in [0.29, 0.717) is 10.6 Å². The Hall–Kier alpha value is -0.590. The monoisotopic (exact) mass is 391 g/mol. The quantitative estimate of drug-likeness (QED) is 0.767. The number of carbonyl (C=O) groups is 1. The third-order valence-corrected chi connectivity index (χ3v) is 4.59. The molecule has 1 unspecified atom stereocenters. The Bertz CT molecular complexity index is 552. The maximum absolute atomic E-state index is 12.0. The third-order valence-electron chi connectivity index (χ3n) is 2.55. The van der Waals surface area contributed by atoms with Crippen LogP contribution in [0.5, 0.6) is 0 Å². The number of hydrogen-bond donors (Lipinski definition) is 1. The predicted molar refractivity (Wildman–Crippen MR) is 84.4 cm³/mol. The Morgan fingerprint density at radius 3 is 2.61 bits per heavy atom. The highest BCUT2D eigenvalue weighted by Gasteiger charge is 2.12. The van der Waals surface area contributed by atoms with Crippen LogP contribution in [-0.4, -0.2) is 5.91 Å². The average Bonchev–Trinajstić information content (AvgIpc) is 2.76. The van der Waals surface area contributed by atoms with Gasteiger partial charge in [0.1, 0.15) is 0 Å². The molecule has 94 valence electrons. The summed E-state index contributed by atoms with van der Waals surface area (Å²) in [4.78, 5) is 12.0. The lowest BCUT2D eigenvalue weighted by atomic mass is 10.1. The molecule has 0 spiro atoms. The van der Waals surface area contributed by atoms with E-state index in [9.17, 15) is 4.79 Å². The molecule has 0 saturated heterocycles. The average molecular weight is 392 g/mol. The van der Waals surface area contributed by atoms with E-state index < -0.39 is 0 Å². The fourth-order valence-corrected chi connectivity index (χ4v) is 3.00. The van der Waals surface area contributed by atoms with Crippen LogP contribution in [0.2, 0.25) is 5.02 Å². The van der Waals surface area contributed by atoms with Gasteiger partial charge in [-0.05, 0) is 53.3 Å². The van der Waals surface area contributed by atoms with Crippen LogP contribution in [0.1, 0.15) is 28.9 Å². The van der Waals surface area contributed by atoms with Gasteiger partial charge in [-0.1, -0.05) is 23.7 Å². The summed E-state index contributed by atoms with van der Waals surface area (Å²) in [6, 6.07) is 9.34. The summed E-state index contributed by atoms with van der Waals surface area (Å²) in [6.45, 7) is 1.96. The van der Waals surface area contributed by atoms with Gasteiger partial charge < -0.3 is 5.32 Å². The molecule has 0 aliphatic rings. The number of hydrogen-bond acceptors (Lipinski definition) is 2. The van der Waals surface area contributed by atoms with Gasteiger partial charge in [0.15, 0.2) is 0 Å². The topological polar surface area (TPSA) is 29.1 Å². The van der Waals surface area contributed by atoms with Crippen LogP contribution in [0.15, 0.2) is 35.7 Å². The molecule has 2 aromatic rings. The van der Waals surface area contributed by atoms with Crippen LogP contribution in [0, 0.1) is 2.88 Å². The van der Waals surface area contributed by atoms with Gasteiger partial charge in [-0.3, -0.25) is 4.79 Å². The van der Waals surface area contributed by atoms with Crippen molar-refractivity contribution in [2.45, 2.75) is 13.0 Å². The minimum atomic E-state index is -0.0448. The highest BCUT2D eigenvalue weighted by molar-refractivity contribution is 14.1. The van der Waals surface area contributed by atoms with E-state index in [-0.39, 0.29) is 11.9 Å². The number of carbonyl (C=O) groups excluding carboxylic acids is 1. The summed E-state index contributed by atoms with van der Waals surface area (Å²) < 4.78 is 1.11. The van der Waals surface area contributed by atoms with Crippen LogP contribution in [0.25, 0.3) is 0 Å². The van der Waals surface area contributed by atoms with E-state index in [1.54, 1.807) is 11.3 Å². The SMILES string of the molecule is CC(NC(=O)c1csc(I)c1)c1ccc(Cl)cc1. The first-order valence-electron chi connectivity index (χ1n) is 5.36. The molecule has 5 heteroatoms. The molecule has 1 atom stereocenters. The van der Waals surface area contributed by atoms with Crippen molar-refractivity contribution in [2.75, 3.05) is 0 Å². The molecule has 1 N–H and O–H groups in total. The second kappa shape index (κ2) is 6.04. The Morgan fingerprint density at radius 1 is 1.39 bits per heavy atom. The summed E-state index contributed by atoms with van der Waals surface area (Å²) in [5.74, 6) is -0.0448. The number of rotatable bonds is 3. The zero-order valence-corrected chi connectivity index (χ0v) is 13.3. The molecular formula is C13H11ClINOS. The molecule has 1 heterocycles. The zero-order valence-electron chi connectivity index (χ0n) is 9.61. The summed E-state index contributed by atoms with van der Waals surface area (Å²) in [6.07, 6.45) is 0. The van der Waals surface area contributed by atoms with Crippen LogP contribution in [0.4, 0.5) is 0 Å². The highest BCUT2D eigenvalue weighted by Crippen LogP contribution is 2.19. The minimum Gasteiger partial charge on any atom is -0.345 e. The Morgan fingerprint density at radius 2 is 2.06 bits per heavy atom. The highest BCUT2D eigenvalue weighted by atomic mass is 127. The van der Waals surface area contributed by atoms with Gasteiger partial charge in [-0.2, -0.15) is 0 Å². The summed E-state index contributed by atoms with van der Waals surface area (Å²) in [7, 11) is 0. The predicted octanol–water partition coefficient (Wildman–Crippen LogP) is 4.50. The van der Waals surface area contributed by atoms with Crippen molar-refractivity contribution in [3.05, 3.63) is 54.7 Å². The molecule has 0 radical (unpaired) electrons. The Labute approximate surface area is 129 Å². The van der Waals surface area contributed by atoms with Gasteiger partial charge in [0.25, 0.3) is 5.91 Å². The largest absolute Gasteiger partial charge is 0.345 e. The first-order chi connectivity index (χ1) is 8.56. The second-order valence-electron chi connectivity index (χ2n) is 3.89. The smallest absolute Gasteiger partial charge is 0.252 e. The number of nitrogens with one attached hydrogen (secondary N) is 1. The van der Waals surface area contributed by atoms with Gasteiger partial charge in [0, 0.05) is 10.4 Å². The number of benzene rings is 1. The number of halogens is 2. The zero-order chi connectivity index (χ0) is 13.1. The third kappa shape index (κ3) is 3.46. The second-order valence-corrected chi connectivity index (χ2v) is 7.13. The molecule has 0 fully saturated rings. The maximum Gasteiger partial charge on any atom is 0.252 e. The van der Waals surface area contributed by atoms with Crippen molar-refractivity contribution >= 4 is 51.4 Å². The summed E-state index contributed by atoms with van der Waals surface area (Å²) in [5, 5.41) is 5.53. The van der Waals surface area contributed by atoms with Gasteiger partial charge in [-0.25, -0.2) is 0 Å². The fraction of sp³-hybridized carbons (Fsp3) is 0.154. The van der Waals surface area contributed by atoms with Crippen LogP contribution in [0.3, 0.4) is 0 Å². The van der Waals surface area contributed by atoms with E-state index in [4.69, 9.17) is 11.6 Å². The summed E-state index contributed by atoms with van der Waals surface area (Å²) in [5.41, 5.74) is 1.75. The van der Waals surface area contributed by atoms with Crippen molar-refractivity contribution < 1.29 is 4.79 Å². The van der Waals surface area contributed by atoms with E-state index in [1.807, 2.05) is 42.6 Å². The lowest BCUT2D eigenvalue weighted by Gasteiger charge is -2.13. The van der Waals surface area contributed by atoms with E-state index in [1.165, 1.54) is 0 Å². The summed E-state index contributed by atoms with van der Waals surface area (Å²) >= 11 is 9.61. The van der Waals surface area contributed by atoms with Crippen LogP contribution >= 0.6 is 45.5 Å². The molecule has 0 aliphatic heterocycles. The minimum absolute atomic E-state index is 0.0349. The normalized spacial score (nSPS) is 12.2. The van der Waals surface area contributed by atoms with E-state index in [0.717, 1.165) is 8.45 Å². The van der Waals surface area contributed by atoms with Gasteiger partial charge in [0.2, 0.25) is 0 Å². The molecule has 1 aromatic heterocycles. The molecule has 1 aromatic carbocycles. The molecule has 2 nitrogen and oxygen atoms in total. The van der Waals surface area contributed by atoms with Gasteiger partial charge in [0.05, 0.1) is 14.5 Å². The van der Waals surface area contributed by atoms with Crippen LogP contribution in [-0.2, 0) is 0 Å². The molecule has 2 rings (SSSR count). The molecule has 1 amide bonds. The molecule has 0 saturated carbocycles. The number of thiophene rings is 1. The first kappa shape index (κ1) is 13.8. The van der Waals surface area contributed by atoms with E-state index >= 15 is 0 Å². The Kier molecular flexibility index (Phi) is 4.64. The van der Waals surface area contributed by atoms with Crippen molar-refractivity contribution in [1.29, 1.82) is 0 Å². The maximum atomic E-state index is 12.0. The lowest BCUT2D eigenvalue weighted by Crippen LogP contribution is -2.26. The fourth-order valence-electron chi connectivity index (χ4n) is 1.54. The first-order valence-corrected chi connectivity index (χ1v) is 7.70. The molecule has 0 bridgehead atoms. The number of amides is 1. The Balaban J connectivity index is 2.05. The van der Waals surface area contributed by atoms with Crippen molar-refractivity contribution in [3.63, 3.8) is 0 Å².